The first-order valence-corrected chi connectivity index (χ1v) is 10.0. The molecule has 0 spiro atoms. The molecule has 154 valence electrons. The van der Waals surface area contributed by atoms with E-state index in [9.17, 15) is 14.9 Å². The minimum Gasteiger partial charge on any atom is -0.326 e. The third-order valence-electron chi connectivity index (χ3n) is 5.11. The Labute approximate surface area is 175 Å². The second kappa shape index (κ2) is 9.82. The molecule has 8 heteroatoms. The highest BCUT2D eigenvalue weighted by atomic mass is 35.5. The van der Waals surface area contributed by atoms with Gasteiger partial charge in [0.25, 0.3) is 5.69 Å². The van der Waals surface area contributed by atoms with Gasteiger partial charge in [0.1, 0.15) is 0 Å². The van der Waals surface area contributed by atoms with Crippen molar-refractivity contribution in [3.05, 3.63) is 68.7 Å². The van der Waals surface area contributed by atoms with E-state index < -0.39 is 4.92 Å². The SMILES string of the molecule is Cc1cc([N+](=O)[O-])ccc1NC(=O)CCN1CCN(Cc2cccc(Cl)c2)CC1. The first kappa shape index (κ1) is 21.2. The molecule has 0 radical (unpaired) electrons. The Kier molecular flexibility index (Phi) is 7.19. The van der Waals surface area contributed by atoms with Crippen LogP contribution in [0.4, 0.5) is 11.4 Å². The van der Waals surface area contributed by atoms with Gasteiger partial charge in [-0.15, -0.1) is 0 Å². The summed E-state index contributed by atoms with van der Waals surface area (Å²) in [6.45, 7) is 7.08. The van der Waals surface area contributed by atoms with E-state index in [0.717, 1.165) is 37.7 Å². The van der Waals surface area contributed by atoms with Crippen LogP contribution in [0.2, 0.25) is 5.02 Å². The number of benzene rings is 2. The van der Waals surface area contributed by atoms with Crippen molar-refractivity contribution in [2.75, 3.05) is 38.0 Å². The number of aryl methyl sites for hydroxylation is 1. The van der Waals surface area contributed by atoms with Crippen LogP contribution in [-0.4, -0.2) is 53.4 Å². The smallest absolute Gasteiger partial charge is 0.269 e. The highest BCUT2D eigenvalue weighted by molar-refractivity contribution is 6.30. The van der Waals surface area contributed by atoms with Crippen molar-refractivity contribution < 1.29 is 9.72 Å². The van der Waals surface area contributed by atoms with Gasteiger partial charge in [-0.2, -0.15) is 0 Å². The molecule has 2 aromatic rings. The number of non-ortho nitro benzene ring substituents is 1. The molecule has 1 heterocycles. The number of carbonyl (C=O) groups is 1. The number of nitro groups is 1. The maximum Gasteiger partial charge on any atom is 0.269 e. The summed E-state index contributed by atoms with van der Waals surface area (Å²) >= 11 is 6.05. The lowest BCUT2D eigenvalue weighted by Gasteiger charge is -2.34. The van der Waals surface area contributed by atoms with E-state index in [4.69, 9.17) is 11.6 Å². The van der Waals surface area contributed by atoms with Gasteiger partial charge in [0.05, 0.1) is 4.92 Å². The molecule has 0 bridgehead atoms. The first-order chi connectivity index (χ1) is 13.9. The zero-order valence-corrected chi connectivity index (χ0v) is 17.2. The predicted octanol–water partition coefficient (Wildman–Crippen LogP) is 3.70. The zero-order chi connectivity index (χ0) is 20.8. The van der Waals surface area contributed by atoms with E-state index >= 15 is 0 Å². The molecule has 1 saturated heterocycles. The Balaban J connectivity index is 1.41. The van der Waals surface area contributed by atoms with Gasteiger partial charge in [0.2, 0.25) is 5.91 Å². The van der Waals surface area contributed by atoms with Gasteiger partial charge in [-0.1, -0.05) is 23.7 Å². The number of carbonyl (C=O) groups excluding carboxylic acids is 1. The summed E-state index contributed by atoms with van der Waals surface area (Å²) < 4.78 is 0. The molecule has 2 aromatic carbocycles. The molecule has 1 aliphatic rings. The minimum atomic E-state index is -0.440. The van der Waals surface area contributed by atoms with E-state index in [1.54, 1.807) is 13.0 Å². The van der Waals surface area contributed by atoms with Gasteiger partial charge in [-0.25, -0.2) is 0 Å². The van der Waals surface area contributed by atoms with Crippen LogP contribution in [0.15, 0.2) is 42.5 Å². The highest BCUT2D eigenvalue weighted by Crippen LogP contribution is 2.21. The van der Waals surface area contributed by atoms with Crippen molar-refractivity contribution in [1.82, 2.24) is 9.80 Å². The average molecular weight is 417 g/mol. The number of rotatable bonds is 7. The number of halogens is 1. The molecule has 29 heavy (non-hydrogen) atoms. The number of nitro benzene ring substituents is 1. The van der Waals surface area contributed by atoms with E-state index in [0.29, 0.717) is 24.2 Å². The summed E-state index contributed by atoms with van der Waals surface area (Å²) in [7, 11) is 0. The zero-order valence-electron chi connectivity index (χ0n) is 16.4. The average Bonchev–Trinajstić information content (AvgIpc) is 2.69. The number of hydrogen-bond donors (Lipinski definition) is 1. The van der Waals surface area contributed by atoms with E-state index in [-0.39, 0.29) is 11.6 Å². The largest absolute Gasteiger partial charge is 0.326 e. The fraction of sp³-hybridized carbons (Fsp3) is 0.381. The number of nitrogens with zero attached hydrogens (tertiary/aromatic N) is 3. The molecule has 1 N–H and O–H groups in total. The van der Waals surface area contributed by atoms with E-state index in [1.165, 1.54) is 17.7 Å². The van der Waals surface area contributed by atoms with Gasteiger partial charge >= 0.3 is 0 Å². The van der Waals surface area contributed by atoms with E-state index in [1.807, 2.05) is 18.2 Å². The number of piperazine rings is 1. The molecule has 0 atom stereocenters. The Morgan fingerprint density at radius 1 is 1.14 bits per heavy atom. The fourth-order valence-electron chi connectivity index (χ4n) is 3.44. The molecule has 1 amide bonds. The summed E-state index contributed by atoms with van der Waals surface area (Å²) in [5.74, 6) is -0.0803. The Bertz CT molecular complexity index is 882. The third kappa shape index (κ3) is 6.25. The Morgan fingerprint density at radius 2 is 1.86 bits per heavy atom. The number of hydrogen-bond acceptors (Lipinski definition) is 5. The summed E-state index contributed by atoms with van der Waals surface area (Å²) in [5, 5.41) is 14.4. The molecule has 0 saturated carbocycles. The molecule has 0 aromatic heterocycles. The maximum absolute atomic E-state index is 12.3. The third-order valence-corrected chi connectivity index (χ3v) is 5.35. The molecule has 0 aliphatic carbocycles. The summed E-state index contributed by atoms with van der Waals surface area (Å²) in [4.78, 5) is 27.3. The Hall–Kier alpha value is -2.48. The van der Waals surface area contributed by atoms with Crippen LogP contribution in [0.25, 0.3) is 0 Å². The first-order valence-electron chi connectivity index (χ1n) is 9.65. The normalized spacial score (nSPS) is 15.2. The second-order valence-electron chi connectivity index (χ2n) is 7.30. The topological polar surface area (TPSA) is 78.7 Å². The van der Waals surface area contributed by atoms with Crippen molar-refractivity contribution in [2.24, 2.45) is 0 Å². The summed E-state index contributed by atoms with van der Waals surface area (Å²) in [6.07, 6.45) is 0.394. The van der Waals surface area contributed by atoms with Gasteiger partial charge in [0.15, 0.2) is 0 Å². The van der Waals surface area contributed by atoms with Crippen LogP contribution >= 0.6 is 11.6 Å². The van der Waals surface area contributed by atoms with Crippen LogP contribution in [0.1, 0.15) is 17.5 Å². The van der Waals surface area contributed by atoms with Crippen molar-refractivity contribution in [3.63, 3.8) is 0 Å². The lowest BCUT2D eigenvalue weighted by atomic mass is 10.1. The monoisotopic (exact) mass is 416 g/mol. The van der Waals surface area contributed by atoms with Crippen molar-refractivity contribution in [2.45, 2.75) is 19.9 Å². The van der Waals surface area contributed by atoms with Crippen molar-refractivity contribution in [1.29, 1.82) is 0 Å². The van der Waals surface area contributed by atoms with Gasteiger partial charge in [0, 0.05) is 68.5 Å². The molecular weight excluding hydrogens is 392 g/mol. The lowest BCUT2D eigenvalue weighted by molar-refractivity contribution is -0.384. The Morgan fingerprint density at radius 3 is 2.52 bits per heavy atom. The van der Waals surface area contributed by atoms with E-state index in [2.05, 4.69) is 21.2 Å². The standard InChI is InChI=1S/C21H25ClN4O3/c1-16-13-19(26(28)29)5-6-20(16)23-21(27)7-8-24-9-11-25(12-10-24)15-17-3-2-4-18(22)14-17/h2-6,13-14H,7-12,15H2,1H3,(H,23,27). The van der Waals surface area contributed by atoms with Crippen molar-refractivity contribution >= 4 is 28.9 Å². The van der Waals surface area contributed by atoms with Gasteiger partial charge in [-0.05, 0) is 36.2 Å². The molecule has 1 aliphatic heterocycles. The molecule has 3 rings (SSSR count). The molecule has 0 unspecified atom stereocenters. The number of amides is 1. The molecule has 7 nitrogen and oxygen atoms in total. The summed E-state index contributed by atoms with van der Waals surface area (Å²) in [5.41, 5.74) is 2.54. The molecule has 1 fully saturated rings. The quantitative estimate of drug-likeness (QED) is 0.550. The van der Waals surface area contributed by atoms with Crippen LogP contribution in [-0.2, 0) is 11.3 Å². The van der Waals surface area contributed by atoms with Gasteiger partial charge < -0.3 is 10.2 Å². The predicted molar refractivity (Wildman–Crippen MR) is 114 cm³/mol. The maximum atomic E-state index is 12.3. The summed E-state index contributed by atoms with van der Waals surface area (Å²) in [6, 6.07) is 12.4. The van der Waals surface area contributed by atoms with Crippen LogP contribution in [0, 0.1) is 17.0 Å². The fourth-order valence-corrected chi connectivity index (χ4v) is 3.65. The van der Waals surface area contributed by atoms with Crippen LogP contribution in [0.3, 0.4) is 0 Å². The lowest BCUT2D eigenvalue weighted by Crippen LogP contribution is -2.46. The second-order valence-corrected chi connectivity index (χ2v) is 7.74. The number of nitrogens with one attached hydrogen (secondary N) is 1. The van der Waals surface area contributed by atoms with Crippen molar-refractivity contribution in [3.8, 4) is 0 Å². The highest BCUT2D eigenvalue weighted by Gasteiger charge is 2.18. The molecular formula is C21H25ClN4O3. The van der Waals surface area contributed by atoms with Crippen LogP contribution < -0.4 is 5.32 Å². The minimum absolute atomic E-state index is 0.0242. The van der Waals surface area contributed by atoms with Crippen LogP contribution in [0.5, 0.6) is 0 Å². The van der Waals surface area contributed by atoms with Gasteiger partial charge in [-0.3, -0.25) is 19.8 Å². The number of anilines is 1.